The summed E-state index contributed by atoms with van der Waals surface area (Å²) in [7, 11) is 1.81. The maximum absolute atomic E-state index is 13.4. The van der Waals surface area contributed by atoms with Gasteiger partial charge in [-0.1, -0.05) is 18.2 Å². The van der Waals surface area contributed by atoms with Gasteiger partial charge in [0.2, 0.25) is 0 Å². The van der Waals surface area contributed by atoms with Crippen molar-refractivity contribution in [2.75, 3.05) is 7.05 Å². The molecule has 1 unspecified atom stereocenters. The molecule has 0 fully saturated rings. The van der Waals surface area contributed by atoms with E-state index in [9.17, 15) is 9.50 Å². The molecule has 0 spiro atoms. The van der Waals surface area contributed by atoms with Crippen molar-refractivity contribution in [3.05, 3.63) is 59.4 Å². The average molecular weight is 275 g/mol. The lowest BCUT2D eigenvalue weighted by Crippen LogP contribution is -2.13. The molecule has 2 rings (SSSR count). The Hall–Kier alpha value is -1.91. The molecule has 2 aromatic carbocycles. The first-order valence-corrected chi connectivity index (χ1v) is 6.49. The highest BCUT2D eigenvalue weighted by Crippen LogP contribution is 2.31. The molecule has 0 aliphatic carbocycles. The van der Waals surface area contributed by atoms with Gasteiger partial charge >= 0.3 is 0 Å². The first-order valence-electron chi connectivity index (χ1n) is 6.49. The molecule has 0 aliphatic rings. The topological polar surface area (TPSA) is 41.5 Å². The van der Waals surface area contributed by atoms with Crippen LogP contribution in [0.3, 0.4) is 0 Å². The third-order valence-corrected chi connectivity index (χ3v) is 3.23. The largest absolute Gasteiger partial charge is 0.457 e. The van der Waals surface area contributed by atoms with Gasteiger partial charge in [-0.3, -0.25) is 0 Å². The Bertz CT molecular complexity index is 586. The highest BCUT2D eigenvalue weighted by molar-refractivity contribution is 5.42. The fraction of sp³-hybridized carbons (Fsp3) is 0.250. The third-order valence-electron chi connectivity index (χ3n) is 3.23. The van der Waals surface area contributed by atoms with Crippen molar-refractivity contribution >= 4 is 0 Å². The number of rotatable bonds is 5. The van der Waals surface area contributed by atoms with E-state index in [4.69, 9.17) is 4.74 Å². The molecule has 0 saturated heterocycles. The van der Waals surface area contributed by atoms with Crippen LogP contribution in [0.5, 0.6) is 11.5 Å². The van der Waals surface area contributed by atoms with Crippen LogP contribution in [0.15, 0.2) is 42.5 Å². The number of nitrogens with one attached hydrogen (secondary N) is 1. The second-order valence-electron chi connectivity index (χ2n) is 4.56. The van der Waals surface area contributed by atoms with Crippen molar-refractivity contribution in [1.82, 2.24) is 5.32 Å². The summed E-state index contributed by atoms with van der Waals surface area (Å²) < 4.78 is 19.2. The van der Waals surface area contributed by atoms with Crippen molar-refractivity contribution in [3.63, 3.8) is 0 Å². The smallest absolute Gasteiger partial charge is 0.132 e. The van der Waals surface area contributed by atoms with Gasteiger partial charge in [-0.05, 0) is 38.2 Å². The van der Waals surface area contributed by atoms with Gasteiger partial charge in [0.15, 0.2) is 0 Å². The van der Waals surface area contributed by atoms with Gasteiger partial charge in [0.1, 0.15) is 17.3 Å². The molecule has 20 heavy (non-hydrogen) atoms. The Labute approximate surface area is 118 Å². The lowest BCUT2D eigenvalue weighted by Gasteiger charge is -2.17. The summed E-state index contributed by atoms with van der Waals surface area (Å²) in [5.41, 5.74) is 1.43. The first-order chi connectivity index (χ1) is 9.65. The summed E-state index contributed by atoms with van der Waals surface area (Å²) in [6.45, 7) is 1.83. The summed E-state index contributed by atoms with van der Waals surface area (Å²) >= 11 is 0. The van der Waals surface area contributed by atoms with Crippen molar-refractivity contribution in [2.24, 2.45) is 0 Å². The SMILES string of the molecule is CNC(C)c1cc(F)ccc1Oc1ccccc1CO. The normalized spacial score (nSPS) is 12.2. The monoisotopic (exact) mass is 275 g/mol. The number of aliphatic hydroxyl groups is 1. The first kappa shape index (κ1) is 14.5. The Kier molecular flexibility index (Phi) is 4.71. The van der Waals surface area contributed by atoms with Gasteiger partial charge in [0, 0.05) is 17.2 Å². The van der Waals surface area contributed by atoms with Gasteiger partial charge in [-0.15, -0.1) is 0 Å². The molecule has 0 saturated carbocycles. The summed E-state index contributed by atoms with van der Waals surface area (Å²) in [4.78, 5) is 0. The third kappa shape index (κ3) is 3.15. The van der Waals surface area contributed by atoms with Gasteiger partial charge in [-0.25, -0.2) is 4.39 Å². The number of halogens is 1. The summed E-state index contributed by atoms with van der Waals surface area (Å²) in [6.07, 6.45) is 0. The Morgan fingerprint density at radius 1 is 1.20 bits per heavy atom. The van der Waals surface area contributed by atoms with Crippen LogP contribution in [-0.4, -0.2) is 12.2 Å². The molecule has 1 atom stereocenters. The zero-order valence-corrected chi connectivity index (χ0v) is 11.6. The lowest BCUT2D eigenvalue weighted by molar-refractivity contribution is 0.276. The molecule has 0 bridgehead atoms. The van der Waals surface area contributed by atoms with Gasteiger partial charge in [0.25, 0.3) is 0 Å². The van der Waals surface area contributed by atoms with E-state index < -0.39 is 0 Å². The molecular formula is C16H18FNO2. The van der Waals surface area contributed by atoms with Gasteiger partial charge in [0.05, 0.1) is 6.61 Å². The second kappa shape index (κ2) is 6.50. The van der Waals surface area contributed by atoms with E-state index in [1.807, 2.05) is 19.1 Å². The van der Waals surface area contributed by atoms with E-state index >= 15 is 0 Å². The Balaban J connectivity index is 2.38. The number of aliphatic hydroxyl groups excluding tert-OH is 1. The van der Waals surface area contributed by atoms with E-state index in [-0.39, 0.29) is 18.5 Å². The van der Waals surface area contributed by atoms with E-state index in [1.165, 1.54) is 12.1 Å². The Morgan fingerprint density at radius 3 is 2.65 bits per heavy atom. The van der Waals surface area contributed by atoms with Crippen LogP contribution < -0.4 is 10.1 Å². The van der Waals surface area contributed by atoms with Crippen LogP contribution in [-0.2, 0) is 6.61 Å². The van der Waals surface area contributed by atoms with Crippen molar-refractivity contribution < 1.29 is 14.2 Å². The lowest BCUT2D eigenvalue weighted by atomic mass is 10.1. The number of hydrogen-bond donors (Lipinski definition) is 2. The minimum Gasteiger partial charge on any atom is -0.457 e. The van der Waals surface area contributed by atoms with Crippen LogP contribution in [0.25, 0.3) is 0 Å². The molecule has 0 aliphatic heterocycles. The van der Waals surface area contributed by atoms with Crippen LogP contribution >= 0.6 is 0 Å². The molecule has 4 heteroatoms. The molecule has 0 radical (unpaired) electrons. The number of para-hydroxylation sites is 1. The molecule has 0 heterocycles. The van der Waals surface area contributed by atoms with E-state index in [0.717, 1.165) is 5.56 Å². The van der Waals surface area contributed by atoms with Crippen LogP contribution in [0.2, 0.25) is 0 Å². The zero-order valence-electron chi connectivity index (χ0n) is 11.6. The number of hydrogen-bond acceptors (Lipinski definition) is 3. The standard InChI is InChI=1S/C16H18FNO2/c1-11(18-2)14-9-13(17)7-8-16(14)20-15-6-4-3-5-12(15)10-19/h3-9,11,18-19H,10H2,1-2H3. The predicted molar refractivity (Wildman–Crippen MR) is 76.3 cm³/mol. The van der Waals surface area contributed by atoms with Crippen LogP contribution in [0.4, 0.5) is 4.39 Å². The molecule has 0 aromatic heterocycles. The molecule has 2 aromatic rings. The summed E-state index contributed by atoms with van der Waals surface area (Å²) in [6, 6.07) is 11.6. The van der Waals surface area contributed by atoms with E-state index in [2.05, 4.69) is 5.32 Å². The maximum Gasteiger partial charge on any atom is 0.132 e. The molecular weight excluding hydrogens is 257 g/mol. The highest BCUT2D eigenvalue weighted by Gasteiger charge is 2.13. The predicted octanol–water partition coefficient (Wildman–Crippen LogP) is 3.39. The number of benzene rings is 2. The van der Waals surface area contributed by atoms with Crippen LogP contribution in [0.1, 0.15) is 24.1 Å². The Morgan fingerprint density at radius 2 is 1.95 bits per heavy atom. The number of ether oxygens (including phenoxy) is 1. The fourth-order valence-corrected chi connectivity index (χ4v) is 1.96. The van der Waals surface area contributed by atoms with Crippen molar-refractivity contribution in [2.45, 2.75) is 19.6 Å². The van der Waals surface area contributed by atoms with Crippen molar-refractivity contribution in [3.8, 4) is 11.5 Å². The zero-order chi connectivity index (χ0) is 14.5. The molecule has 106 valence electrons. The van der Waals surface area contributed by atoms with Crippen molar-refractivity contribution in [1.29, 1.82) is 0 Å². The summed E-state index contributed by atoms with van der Waals surface area (Å²) in [5, 5.41) is 12.4. The molecule has 2 N–H and O–H groups in total. The summed E-state index contributed by atoms with van der Waals surface area (Å²) in [5.74, 6) is 0.852. The highest BCUT2D eigenvalue weighted by atomic mass is 19.1. The van der Waals surface area contributed by atoms with Gasteiger partial charge in [-0.2, -0.15) is 0 Å². The minimum atomic E-state index is -0.301. The van der Waals surface area contributed by atoms with Gasteiger partial charge < -0.3 is 15.2 Å². The average Bonchev–Trinajstić information content (AvgIpc) is 2.48. The van der Waals surface area contributed by atoms with E-state index in [1.54, 1.807) is 25.2 Å². The second-order valence-corrected chi connectivity index (χ2v) is 4.56. The quantitative estimate of drug-likeness (QED) is 0.879. The molecule has 3 nitrogen and oxygen atoms in total. The maximum atomic E-state index is 13.4. The van der Waals surface area contributed by atoms with E-state index in [0.29, 0.717) is 17.1 Å². The minimum absolute atomic E-state index is 0.0398. The van der Waals surface area contributed by atoms with Crippen LogP contribution in [0, 0.1) is 5.82 Å². The molecule has 0 amide bonds. The fourth-order valence-electron chi connectivity index (χ4n) is 1.96.